The Kier molecular flexibility index (Phi) is 6.91. The Balaban J connectivity index is 1.67. The summed E-state index contributed by atoms with van der Waals surface area (Å²) in [6.45, 7) is 8.11. The van der Waals surface area contributed by atoms with Crippen LogP contribution in [0, 0.1) is 6.92 Å². The molecule has 2 aromatic carbocycles. The van der Waals surface area contributed by atoms with Crippen LogP contribution < -0.4 is 10.1 Å². The number of hydrogen-bond donors (Lipinski definition) is 1. The van der Waals surface area contributed by atoms with Crippen molar-refractivity contribution in [1.29, 1.82) is 0 Å². The van der Waals surface area contributed by atoms with Crippen LogP contribution in [0.4, 0.5) is 5.82 Å². The second-order valence-corrected chi connectivity index (χ2v) is 8.27. The van der Waals surface area contributed by atoms with Crippen LogP contribution >= 0.6 is 11.6 Å². The molecule has 0 aliphatic carbocycles. The minimum absolute atomic E-state index is 0.322. The molecule has 3 rings (SSSR count). The van der Waals surface area contributed by atoms with Crippen molar-refractivity contribution in [3.05, 3.63) is 64.7 Å². The molecule has 1 heterocycles. The minimum Gasteiger partial charge on any atom is -0.476 e. The van der Waals surface area contributed by atoms with Gasteiger partial charge in [-0.05, 0) is 57.0 Å². The van der Waals surface area contributed by atoms with Gasteiger partial charge in [0.2, 0.25) is 0 Å². The van der Waals surface area contributed by atoms with Gasteiger partial charge in [-0.25, -0.2) is 4.79 Å². The fourth-order valence-corrected chi connectivity index (χ4v) is 3.27. The molecule has 0 aliphatic heterocycles. The first-order valence-corrected chi connectivity index (χ1v) is 10.6. The summed E-state index contributed by atoms with van der Waals surface area (Å²) < 4.78 is 12.8. The SMILES string of the molecule is CCOC(=O)C(C)(C)Oc1ccc(CNc2cc(-c3ccc(Cl)cc3)nn2C)cc1C. The van der Waals surface area contributed by atoms with Crippen molar-refractivity contribution in [1.82, 2.24) is 9.78 Å². The quantitative estimate of drug-likeness (QED) is 0.475. The highest BCUT2D eigenvalue weighted by molar-refractivity contribution is 6.30. The van der Waals surface area contributed by atoms with Gasteiger partial charge in [0.25, 0.3) is 0 Å². The third-order valence-corrected chi connectivity index (χ3v) is 5.12. The summed E-state index contributed by atoms with van der Waals surface area (Å²) in [5.74, 6) is 1.19. The Hall–Kier alpha value is -2.99. The number of anilines is 1. The molecule has 164 valence electrons. The fourth-order valence-electron chi connectivity index (χ4n) is 3.14. The van der Waals surface area contributed by atoms with E-state index in [0.717, 1.165) is 28.2 Å². The van der Waals surface area contributed by atoms with Crippen LogP contribution in [0.1, 0.15) is 31.9 Å². The topological polar surface area (TPSA) is 65.4 Å². The molecule has 0 unspecified atom stereocenters. The van der Waals surface area contributed by atoms with E-state index in [9.17, 15) is 4.79 Å². The maximum absolute atomic E-state index is 12.1. The Labute approximate surface area is 188 Å². The number of hydrogen-bond acceptors (Lipinski definition) is 5. The van der Waals surface area contributed by atoms with Crippen molar-refractivity contribution >= 4 is 23.4 Å². The van der Waals surface area contributed by atoms with Crippen molar-refractivity contribution in [2.24, 2.45) is 7.05 Å². The molecule has 0 spiro atoms. The largest absolute Gasteiger partial charge is 0.476 e. The van der Waals surface area contributed by atoms with Crippen LogP contribution in [0.5, 0.6) is 5.75 Å². The van der Waals surface area contributed by atoms with Gasteiger partial charge in [-0.3, -0.25) is 4.68 Å². The molecule has 0 saturated carbocycles. The van der Waals surface area contributed by atoms with Crippen LogP contribution in [0.3, 0.4) is 0 Å². The number of carbonyl (C=O) groups excluding carboxylic acids is 1. The van der Waals surface area contributed by atoms with Gasteiger partial charge in [0, 0.05) is 30.2 Å². The molecule has 1 aromatic heterocycles. The van der Waals surface area contributed by atoms with E-state index in [4.69, 9.17) is 21.1 Å². The second-order valence-electron chi connectivity index (χ2n) is 7.83. The molecule has 0 saturated heterocycles. The number of rotatable bonds is 8. The number of ether oxygens (including phenoxy) is 2. The lowest BCUT2D eigenvalue weighted by Crippen LogP contribution is -2.39. The number of esters is 1. The monoisotopic (exact) mass is 441 g/mol. The van der Waals surface area contributed by atoms with Gasteiger partial charge in [-0.1, -0.05) is 35.9 Å². The zero-order valence-corrected chi connectivity index (χ0v) is 19.3. The molecule has 0 radical (unpaired) electrons. The molecule has 1 N–H and O–H groups in total. The van der Waals surface area contributed by atoms with Crippen molar-refractivity contribution in [3.63, 3.8) is 0 Å². The van der Waals surface area contributed by atoms with Crippen LogP contribution in [0.2, 0.25) is 5.02 Å². The molecule has 31 heavy (non-hydrogen) atoms. The zero-order chi connectivity index (χ0) is 22.6. The highest BCUT2D eigenvalue weighted by Gasteiger charge is 2.32. The smallest absolute Gasteiger partial charge is 0.349 e. The van der Waals surface area contributed by atoms with E-state index < -0.39 is 5.60 Å². The zero-order valence-electron chi connectivity index (χ0n) is 18.5. The molecule has 7 heteroatoms. The van der Waals surface area contributed by atoms with Crippen LogP contribution in [-0.4, -0.2) is 28.0 Å². The molecular weight excluding hydrogens is 414 g/mol. The van der Waals surface area contributed by atoms with Crippen LogP contribution in [0.25, 0.3) is 11.3 Å². The number of aryl methyl sites for hydroxylation is 2. The van der Waals surface area contributed by atoms with Crippen LogP contribution in [0.15, 0.2) is 48.5 Å². The van der Waals surface area contributed by atoms with Crippen molar-refractivity contribution in [2.75, 3.05) is 11.9 Å². The third kappa shape index (κ3) is 5.58. The van der Waals surface area contributed by atoms with Crippen molar-refractivity contribution in [2.45, 2.75) is 39.8 Å². The summed E-state index contributed by atoms with van der Waals surface area (Å²) >= 11 is 5.97. The molecule has 0 atom stereocenters. The van der Waals surface area contributed by atoms with Crippen molar-refractivity contribution in [3.8, 4) is 17.0 Å². The predicted octanol–water partition coefficient (Wildman–Crippen LogP) is 5.38. The third-order valence-electron chi connectivity index (χ3n) is 4.86. The Bertz CT molecular complexity index is 1060. The number of nitrogens with one attached hydrogen (secondary N) is 1. The molecule has 6 nitrogen and oxygen atoms in total. The fraction of sp³-hybridized carbons (Fsp3) is 0.333. The van der Waals surface area contributed by atoms with Gasteiger partial charge in [0.1, 0.15) is 11.6 Å². The first kappa shape index (κ1) is 22.7. The Morgan fingerprint density at radius 2 is 1.87 bits per heavy atom. The average molecular weight is 442 g/mol. The average Bonchev–Trinajstić information content (AvgIpc) is 3.09. The number of benzene rings is 2. The molecule has 0 amide bonds. The summed E-state index contributed by atoms with van der Waals surface area (Å²) in [6.07, 6.45) is 0. The lowest BCUT2D eigenvalue weighted by Gasteiger charge is -2.25. The van der Waals surface area contributed by atoms with E-state index in [1.807, 2.05) is 67.2 Å². The van der Waals surface area contributed by atoms with E-state index in [1.54, 1.807) is 20.8 Å². The van der Waals surface area contributed by atoms with Crippen molar-refractivity contribution < 1.29 is 14.3 Å². The molecule has 0 bridgehead atoms. The van der Waals surface area contributed by atoms with Gasteiger partial charge >= 0.3 is 5.97 Å². The normalized spacial score (nSPS) is 11.3. The van der Waals surface area contributed by atoms with E-state index in [1.165, 1.54) is 0 Å². The van der Waals surface area contributed by atoms with Gasteiger partial charge in [-0.15, -0.1) is 0 Å². The molecular formula is C24H28ClN3O3. The summed E-state index contributed by atoms with van der Waals surface area (Å²) in [5.41, 5.74) is 2.88. The standard InChI is InChI=1S/C24H28ClN3O3/c1-6-30-23(29)24(3,4)31-21-12-7-17(13-16(21)2)15-26-22-14-20(27-28(22)5)18-8-10-19(25)11-9-18/h7-14,26H,6,15H2,1-5H3. The molecule has 0 aliphatic rings. The summed E-state index contributed by atoms with van der Waals surface area (Å²) in [7, 11) is 1.90. The summed E-state index contributed by atoms with van der Waals surface area (Å²) in [5, 5.41) is 8.69. The lowest BCUT2D eigenvalue weighted by molar-refractivity contribution is -0.158. The first-order valence-electron chi connectivity index (χ1n) is 10.2. The summed E-state index contributed by atoms with van der Waals surface area (Å²) in [6, 6.07) is 15.5. The minimum atomic E-state index is -1.05. The highest BCUT2D eigenvalue weighted by atomic mass is 35.5. The molecule has 0 fully saturated rings. The van der Waals surface area contributed by atoms with Gasteiger partial charge in [0.05, 0.1) is 12.3 Å². The number of nitrogens with zero attached hydrogens (tertiary/aromatic N) is 2. The van der Waals surface area contributed by atoms with Gasteiger partial charge < -0.3 is 14.8 Å². The van der Waals surface area contributed by atoms with Gasteiger partial charge in [0.15, 0.2) is 5.60 Å². The second kappa shape index (κ2) is 9.43. The van der Waals surface area contributed by atoms with E-state index in [0.29, 0.717) is 23.9 Å². The number of carbonyl (C=O) groups is 1. The Morgan fingerprint density at radius 1 is 1.16 bits per heavy atom. The Morgan fingerprint density at radius 3 is 2.52 bits per heavy atom. The lowest BCUT2D eigenvalue weighted by atomic mass is 10.1. The van der Waals surface area contributed by atoms with E-state index >= 15 is 0 Å². The number of aromatic nitrogens is 2. The van der Waals surface area contributed by atoms with E-state index in [2.05, 4.69) is 10.4 Å². The number of halogens is 1. The maximum Gasteiger partial charge on any atom is 0.349 e. The van der Waals surface area contributed by atoms with E-state index in [-0.39, 0.29) is 5.97 Å². The predicted molar refractivity (Wildman–Crippen MR) is 123 cm³/mol. The van der Waals surface area contributed by atoms with Crippen LogP contribution in [-0.2, 0) is 23.1 Å². The highest BCUT2D eigenvalue weighted by Crippen LogP contribution is 2.26. The first-order chi connectivity index (χ1) is 14.7. The summed E-state index contributed by atoms with van der Waals surface area (Å²) in [4.78, 5) is 12.1. The van der Waals surface area contributed by atoms with Gasteiger partial charge in [-0.2, -0.15) is 5.10 Å². The molecule has 3 aromatic rings. The maximum atomic E-state index is 12.1.